The second kappa shape index (κ2) is 16.2. The molecule has 0 aromatic heterocycles. The Morgan fingerprint density at radius 1 is 0.730 bits per heavy atom. The van der Waals surface area contributed by atoms with E-state index in [9.17, 15) is 35.4 Å². The van der Waals surface area contributed by atoms with Crippen LogP contribution in [0.3, 0.4) is 0 Å². The molecular weight excluding hydrogens is 492 g/mol. The largest absolute Gasteiger partial charge is 0.388 e. The molecule has 2 fully saturated rings. The van der Waals surface area contributed by atoms with Crippen LogP contribution in [0.25, 0.3) is 0 Å². The van der Waals surface area contributed by atoms with Gasteiger partial charge in [-0.25, -0.2) is 0 Å². The maximum absolute atomic E-state index is 11.6. The number of rotatable bonds is 15. The van der Waals surface area contributed by atoms with Gasteiger partial charge in [0, 0.05) is 26.1 Å². The lowest BCUT2D eigenvalue weighted by Crippen LogP contribution is -2.57. The van der Waals surface area contributed by atoms with Crippen LogP contribution in [0.2, 0.25) is 0 Å². The highest BCUT2D eigenvalue weighted by atomic mass is 16.7. The number of carbonyl (C=O) groups is 1. The van der Waals surface area contributed by atoms with Gasteiger partial charge in [-0.05, 0) is 40.2 Å². The van der Waals surface area contributed by atoms with Gasteiger partial charge >= 0.3 is 0 Å². The zero-order chi connectivity index (χ0) is 27.5. The van der Waals surface area contributed by atoms with Gasteiger partial charge in [0.15, 0.2) is 12.6 Å². The van der Waals surface area contributed by atoms with Crippen LogP contribution in [0.15, 0.2) is 0 Å². The van der Waals surface area contributed by atoms with E-state index in [1.165, 1.54) is 0 Å². The first kappa shape index (κ1) is 32.2. The normalized spacial score (nSPS) is 36.6. The lowest BCUT2D eigenvalue weighted by atomic mass is 10.0. The van der Waals surface area contributed by atoms with Crippen molar-refractivity contribution >= 4 is 5.91 Å². The molecule has 2 aliphatic heterocycles. The van der Waals surface area contributed by atoms with Crippen LogP contribution in [0.5, 0.6) is 0 Å². The van der Waals surface area contributed by atoms with E-state index in [0.29, 0.717) is 32.6 Å². The molecule has 13 heteroatoms. The molecule has 0 unspecified atom stereocenters. The molecule has 10 atom stereocenters. The molecule has 2 heterocycles. The minimum absolute atomic E-state index is 0.0290. The van der Waals surface area contributed by atoms with Gasteiger partial charge < -0.3 is 54.9 Å². The molecule has 2 saturated heterocycles. The maximum atomic E-state index is 11.6. The summed E-state index contributed by atoms with van der Waals surface area (Å²) in [5, 5.41) is 62.7. The second-order valence-corrected chi connectivity index (χ2v) is 9.71. The molecule has 1 amide bonds. The first-order valence-electron chi connectivity index (χ1n) is 13.2. The molecule has 0 saturated carbocycles. The molecule has 13 nitrogen and oxygen atoms in total. The second-order valence-electron chi connectivity index (χ2n) is 9.71. The van der Waals surface area contributed by atoms with Gasteiger partial charge in [-0.3, -0.25) is 9.69 Å². The number of hydrogen-bond acceptors (Lipinski definition) is 12. The molecule has 0 aromatic carbocycles. The lowest BCUT2D eigenvalue weighted by molar-refractivity contribution is -0.295. The number of ether oxygens (including phenoxy) is 4. The summed E-state index contributed by atoms with van der Waals surface area (Å²) >= 11 is 0. The monoisotopic (exact) mass is 538 g/mol. The van der Waals surface area contributed by atoms with E-state index >= 15 is 0 Å². The van der Waals surface area contributed by atoms with Crippen molar-refractivity contribution in [1.82, 2.24) is 10.2 Å². The predicted molar refractivity (Wildman–Crippen MR) is 130 cm³/mol. The third kappa shape index (κ3) is 9.93. The molecule has 0 radical (unpaired) electrons. The van der Waals surface area contributed by atoms with E-state index in [0.717, 1.165) is 19.3 Å². The smallest absolute Gasteiger partial charge is 0.219 e. The molecule has 37 heavy (non-hydrogen) atoms. The fourth-order valence-electron chi connectivity index (χ4n) is 4.32. The van der Waals surface area contributed by atoms with Crippen molar-refractivity contribution in [3.63, 3.8) is 0 Å². The zero-order valence-electron chi connectivity index (χ0n) is 22.0. The SMILES string of the molecule is CCNC(=O)CCCCCN(CCO[C@@H]1O[C@@H](C)[C@@H](O)[C@@H](O)[C@@H]1O)CCO[C@@H]1O[C@@H](C)[C@@H](O)[C@@H](O)[C@@H]1O. The first-order valence-corrected chi connectivity index (χ1v) is 13.2. The van der Waals surface area contributed by atoms with E-state index < -0.39 is 61.4 Å². The Hall–Kier alpha value is -0.970. The Morgan fingerprint density at radius 2 is 1.22 bits per heavy atom. The van der Waals surface area contributed by atoms with Gasteiger partial charge in [-0.2, -0.15) is 0 Å². The topological polar surface area (TPSA) is 191 Å². The van der Waals surface area contributed by atoms with Crippen molar-refractivity contribution in [2.24, 2.45) is 0 Å². The third-order valence-corrected chi connectivity index (χ3v) is 6.75. The van der Waals surface area contributed by atoms with Gasteiger partial charge in [-0.1, -0.05) is 6.42 Å². The number of aliphatic hydroxyl groups is 6. The van der Waals surface area contributed by atoms with Crippen LogP contribution < -0.4 is 5.32 Å². The van der Waals surface area contributed by atoms with Crippen LogP contribution in [-0.4, -0.2) is 142 Å². The van der Waals surface area contributed by atoms with E-state index in [4.69, 9.17) is 18.9 Å². The van der Waals surface area contributed by atoms with Gasteiger partial charge in [-0.15, -0.1) is 0 Å². The molecule has 0 bridgehead atoms. The Morgan fingerprint density at radius 3 is 1.68 bits per heavy atom. The van der Waals surface area contributed by atoms with Crippen LogP contribution in [-0.2, 0) is 23.7 Å². The zero-order valence-corrected chi connectivity index (χ0v) is 22.0. The summed E-state index contributed by atoms with van der Waals surface area (Å²) in [5.74, 6) is 0.0290. The number of nitrogens with zero attached hydrogens (tertiary/aromatic N) is 1. The molecule has 0 spiro atoms. The number of unbranched alkanes of at least 4 members (excludes halogenated alkanes) is 2. The van der Waals surface area contributed by atoms with Crippen molar-refractivity contribution in [3.8, 4) is 0 Å². The van der Waals surface area contributed by atoms with E-state index in [-0.39, 0.29) is 19.1 Å². The standard InChI is InChI=1S/C24H46N2O11/c1-4-25-16(27)8-6-5-7-9-26(10-12-34-23-21(32)19(30)17(28)14(2)36-23)11-13-35-24-22(33)20(31)18(29)15(3)37-24/h14-15,17-24,28-33H,4-13H2,1-3H3,(H,25,27)/t14-,15-,17+,18+,19+,20+,21-,22-,23+,24+/m0/s1. The molecular formula is C24H46N2O11. The molecule has 7 N–H and O–H groups in total. The Bertz CT molecular complexity index is 620. The Kier molecular flexibility index (Phi) is 14.1. The highest BCUT2D eigenvalue weighted by molar-refractivity contribution is 5.75. The van der Waals surface area contributed by atoms with Gasteiger partial charge in [0.05, 0.1) is 25.4 Å². The molecule has 0 aromatic rings. The highest BCUT2D eigenvalue weighted by Crippen LogP contribution is 2.23. The highest BCUT2D eigenvalue weighted by Gasteiger charge is 2.43. The van der Waals surface area contributed by atoms with Gasteiger partial charge in [0.25, 0.3) is 0 Å². The molecule has 2 aliphatic rings. The van der Waals surface area contributed by atoms with Crippen LogP contribution >= 0.6 is 0 Å². The lowest BCUT2D eigenvalue weighted by Gasteiger charge is -2.39. The summed E-state index contributed by atoms with van der Waals surface area (Å²) in [7, 11) is 0. The predicted octanol–water partition coefficient (Wildman–Crippen LogP) is -2.33. The van der Waals surface area contributed by atoms with E-state index in [1.54, 1.807) is 13.8 Å². The summed E-state index contributed by atoms with van der Waals surface area (Å²) in [6.07, 6.45) is -8.61. The van der Waals surface area contributed by atoms with Crippen molar-refractivity contribution < 1.29 is 54.4 Å². The van der Waals surface area contributed by atoms with Gasteiger partial charge in [0.1, 0.15) is 36.6 Å². The van der Waals surface area contributed by atoms with Crippen molar-refractivity contribution in [3.05, 3.63) is 0 Å². The van der Waals surface area contributed by atoms with Crippen LogP contribution in [0.4, 0.5) is 0 Å². The molecule has 218 valence electrons. The number of nitrogens with one attached hydrogen (secondary N) is 1. The number of hydrogen-bond donors (Lipinski definition) is 7. The van der Waals surface area contributed by atoms with Gasteiger partial charge in [0.2, 0.25) is 5.91 Å². The fourth-order valence-corrected chi connectivity index (χ4v) is 4.32. The first-order chi connectivity index (χ1) is 17.6. The quantitative estimate of drug-likeness (QED) is 0.110. The van der Waals surface area contributed by atoms with E-state index in [1.807, 2.05) is 11.8 Å². The summed E-state index contributed by atoms with van der Waals surface area (Å²) in [6.45, 7) is 7.52. The summed E-state index contributed by atoms with van der Waals surface area (Å²) < 4.78 is 22.2. The van der Waals surface area contributed by atoms with Crippen LogP contribution in [0, 0.1) is 0 Å². The average molecular weight is 539 g/mol. The number of carbonyl (C=O) groups excluding carboxylic acids is 1. The number of aliphatic hydroxyl groups excluding tert-OH is 6. The minimum atomic E-state index is -1.38. The summed E-state index contributed by atoms with van der Waals surface area (Å²) in [5.41, 5.74) is 0. The molecule has 0 aliphatic carbocycles. The Labute approximate surface area is 218 Å². The minimum Gasteiger partial charge on any atom is -0.388 e. The average Bonchev–Trinajstić information content (AvgIpc) is 2.87. The summed E-state index contributed by atoms with van der Waals surface area (Å²) in [4.78, 5) is 13.7. The Balaban J connectivity index is 1.82. The fraction of sp³-hybridized carbons (Fsp3) is 0.958. The van der Waals surface area contributed by atoms with E-state index in [2.05, 4.69) is 5.32 Å². The van der Waals surface area contributed by atoms with Crippen molar-refractivity contribution in [2.45, 2.75) is 108 Å². The van der Waals surface area contributed by atoms with Crippen LogP contribution in [0.1, 0.15) is 46.5 Å². The molecule has 2 rings (SSSR count). The number of amides is 1. The van der Waals surface area contributed by atoms with Crippen molar-refractivity contribution in [1.29, 1.82) is 0 Å². The maximum Gasteiger partial charge on any atom is 0.219 e. The van der Waals surface area contributed by atoms with Crippen molar-refractivity contribution in [2.75, 3.05) is 39.4 Å². The summed E-state index contributed by atoms with van der Waals surface area (Å²) in [6, 6.07) is 0. The third-order valence-electron chi connectivity index (χ3n) is 6.75.